The van der Waals surface area contributed by atoms with Gasteiger partial charge in [-0.25, -0.2) is 4.79 Å². The summed E-state index contributed by atoms with van der Waals surface area (Å²) in [5.74, 6) is 0.832. The van der Waals surface area contributed by atoms with Crippen LogP contribution in [0.25, 0.3) is 11.1 Å². The van der Waals surface area contributed by atoms with Gasteiger partial charge in [-0.3, -0.25) is 0 Å². The maximum Gasteiger partial charge on any atom is 0.319 e. The number of hydrogen-bond donors (Lipinski definition) is 3. The van der Waals surface area contributed by atoms with Crippen LogP contribution in [0.1, 0.15) is 23.1 Å². The number of carbonyl (C=O) groups is 1. The molecule has 0 spiro atoms. The number of aliphatic hydroxyl groups is 1. The van der Waals surface area contributed by atoms with Gasteiger partial charge >= 0.3 is 6.03 Å². The maximum atomic E-state index is 12.4. The number of benzene rings is 3. The number of nitrogens with one attached hydrogen (secondary N) is 2. The van der Waals surface area contributed by atoms with E-state index in [4.69, 9.17) is 4.74 Å². The summed E-state index contributed by atoms with van der Waals surface area (Å²) in [5, 5.41) is 15.8. The molecule has 0 aromatic heterocycles. The first-order valence-corrected chi connectivity index (χ1v) is 10.2. The molecule has 3 aromatic rings. The van der Waals surface area contributed by atoms with Gasteiger partial charge in [0.05, 0.1) is 13.2 Å². The second-order valence-corrected chi connectivity index (χ2v) is 7.54. The number of anilines is 1. The lowest BCUT2D eigenvalue weighted by atomic mass is 9.88. The van der Waals surface area contributed by atoms with Crippen molar-refractivity contribution in [2.45, 2.75) is 31.9 Å². The van der Waals surface area contributed by atoms with Gasteiger partial charge in [-0.2, -0.15) is 0 Å². The number of aliphatic hydroxyl groups excluding tert-OH is 1. The van der Waals surface area contributed by atoms with E-state index in [9.17, 15) is 9.90 Å². The number of fused-ring (bicyclic) bond motifs is 1. The third kappa shape index (κ3) is 4.47. The predicted octanol–water partition coefficient (Wildman–Crippen LogP) is 4.53. The van der Waals surface area contributed by atoms with Gasteiger partial charge in [-0.15, -0.1) is 0 Å². The summed E-state index contributed by atoms with van der Waals surface area (Å²) in [6, 6.07) is 21.6. The van der Waals surface area contributed by atoms with E-state index in [1.807, 2.05) is 60.7 Å². The van der Waals surface area contributed by atoms with Gasteiger partial charge in [0.15, 0.2) is 0 Å². The van der Waals surface area contributed by atoms with Gasteiger partial charge in [0.2, 0.25) is 0 Å². The summed E-state index contributed by atoms with van der Waals surface area (Å²) in [7, 11) is 1.67. The molecular formula is C25H26N2O3. The predicted molar refractivity (Wildman–Crippen MR) is 119 cm³/mol. The zero-order valence-corrected chi connectivity index (χ0v) is 17.0. The Morgan fingerprint density at radius 1 is 1.07 bits per heavy atom. The smallest absolute Gasteiger partial charge is 0.319 e. The van der Waals surface area contributed by atoms with Crippen molar-refractivity contribution in [1.29, 1.82) is 0 Å². The molecule has 1 aliphatic rings. The monoisotopic (exact) mass is 402 g/mol. The van der Waals surface area contributed by atoms with Crippen LogP contribution in [-0.4, -0.2) is 24.4 Å². The normalized spacial score (nSPS) is 15.2. The van der Waals surface area contributed by atoms with Crippen molar-refractivity contribution in [1.82, 2.24) is 5.32 Å². The fraction of sp³-hybridized carbons (Fsp3) is 0.240. The summed E-state index contributed by atoms with van der Waals surface area (Å²) in [5.41, 5.74) is 6.12. The summed E-state index contributed by atoms with van der Waals surface area (Å²) >= 11 is 0. The first-order chi connectivity index (χ1) is 14.6. The van der Waals surface area contributed by atoms with E-state index in [-0.39, 0.29) is 12.1 Å². The van der Waals surface area contributed by atoms with Crippen LogP contribution in [-0.2, 0) is 19.4 Å². The van der Waals surface area contributed by atoms with Crippen molar-refractivity contribution < 1.29 is 14.6 Å². The van der Waals surface area contributed by atoms with Crippen molar-refractivity contribution in [3.63, 3.8) is 0 Å². The van der Waals surface area contributed by atoms with E-state index in [2.05, 4.69) is 16.7 Å². The number of urea groups is 1. The van der Waals surface area contributed by atoms with Gasteiger partial charge in [-0.1, -0.05) is 54.6 Å². The third-order valence-electron chi connectivity index (χ3n) is 5.53. The van der Waals surface area contributed by atoms with Crippen LogP contribution in [0.5, 0.6) is 5.75 Å². The molecule has 3 aromatic carbocycles. The molecule has 1 unspecified atom stereocenters. The molecule has 0 bridgehead atoms. The molecule has 30 heavy (non-hydrogen) atoms. The molecule has 0 radical (unpaired) electrons. The molecule has 0 fully saturated rings. The molecule has 3 N–H and O–H groups in total. The maximum absolute atomic E-state index is 12.4. The van der Waals surface area contributed by atoms with Crippen LogP contribution in [0.2, 0.25) is 0 Å². The van der Waals surface area contributed by atoms with Crippen LogP contribution in [0.3, 0.4) is 0 Å². The number of rotatable bonds is 5. The molecule has 154 valence electrons. The minimum atomic E-state index is -0.342. The van der Waals surface area contributed by atoms with Crippen molar-refractivity contribution in [2.75, 3.05) is 12.4 Å². The number of ether oxygens (including phenoxy) is 1. The minimum Gasteiger partial charge on any atom is -0.496 e. The first-order valence-electron chi connectivity index (χ1n) is 10.2. The van der Waals surface area contributed by atoms with Gasteiger partial charge in [0.1, 0.15) is 5.75 Å². The van der Waals surface area contributed by atoms with Crippen LogP contribution >= 0.6 is 0 Å². The second kappa shape index (κ2) is 9.01. The standard InChI is InChI=1S/C25H26N2O3/c1-30-24-8-3-2-6-21(24)19-11-9-17(10-12-19)16-26-25(29)27-23-7-4-5-18-13-14-20(28)15-22(18)23/h2-12,20,28H,13-16H2,1H3,(H2,26,27,29). The summed E-state index contributed by atoms with van der Waals surface area (Å²) in [4.78, 5) is 12.4. The molecule has 0 saturated carbocycles. The third-order valence-corrected chi connectivity index (χ3v) is 5.53. The van der Waals surface area contributed by atoms with Gasteiger partial charge in [-0.05, 0) is 47.2 Å². The van der Waals surface area contributed by atoms with Crippen molar-refractivity contribution in [3.8, 4) is 16.9 Å². The Morgan fingerprint density at radius 2 is 1.87 bits per heavy atom. The average molecular weight is 402 g/mol. The molecule has 0 saturated heterocycles. The Hall–Kier alpha value is -3.31. The quantitative estimate of drug-likeness (QED) is 0.587. The fourth-order valence-corrected chi connectivity index (χ4v) is 3.92. The summed E-state index contributed by atoms with van der Waals surface area (Å²) in [6.45, 7) is 0.426. The highest BCUT2D eigenvalue weighted by molar-refractivity contribution is 5.90. The molecule has 4 rings (SSSR count). The van der Waals surface area contributed by atoms with Crippen molar-refractivity contribution in [2.24, 2.45) is 0 Å². The number of methoxy groups -OCH3 is 1. The zero-order valence-electron chi connectivity index (χ0n) is 17.0. The lowest BCUT2D eigenvalue weighted by molar-refractivity contribution is 0.159. The highest BCUT2D eigenvalue weighted by atomic mass is 16.5. The molecule has 5 nitrogen and oxygen atoms in total. The fourth-order valence-electron chi connectivity index (χ4n) is 3.92. The number of amides is 2. The topological polar surface area (TPSA) is 70.6 Å². The molecule has 0 heterocycles. The van der Waals surface area contributed by atoms with E-state index in [0.29, 0.717) is 13.0 Å². The lowest BCUT2D eigenvalue weighted by Gasteiger charge is -2.23. The lowest BCUT2D eigenvalue weighted by Crippen LogP contribution is -2.29. The number of hydrogen-bond acceptors (Lipinski definition) is 3. The Labute approximate surface area is 176 Å². The highest BCUT2D eigenvalue weighted by Gasteiger charge is 2.19. The average Bonchev–Trinajstić information content (AvgIpc) is 2.78. The van der Waals surface area contributed by atoms with Crippen molar-refractivity contribution in [3.05, 3.63) is 83.4 Å². The van der Waals surface area contributed by atoms with E-state index in [0.717, 1.165) is 46.5 Å². The highest BCUT2D eigenvalue weighted by Crippen LogP contribution is 2.30. The summed E-state index contributed by atoms with van der Waals surface area (Å²) < 4.78 is 5.43. The molecule has 1 aliphatic carbocycles. The van der Waals surface area contributed by atoms with E-state index in [1.54, 1.807) is 7.11 Å². The van der Waals surface area contributed by atoms with Crippen molar-refractivity contribution >= 4 is 11.7 Å². The van der Waals surface area contributed by atoms with Gasteiger partial charge in [0.25, 0.3) is 0 Å². The first kappa shape index (κ1) is 20.0. The number of aryl methyl sites for hydroxylation is 1. The Balaban J connectivity index is 1.38. The molecule has 0 aliphatic heterocycles. The molecule has 5 heteroatoms. The van der Waals surface area contributed by atoms with E-state index >= 15 is 0 Å². The SMILES string of the molecule is COc1ccccc1-c1ccc(CNC(=O)Nc2cccc3c2CC(O)CC3)cc1. The van der Waals surface area contributed by atoms with Crippen LogP contribution in [0.15, 0.2) is 66.7 Å². The Morgan fingerprint density at radius 3 is 2.67 bits per heavy atom. The van der Waals surface area contributed by atoms with Gasteiger partial charge in [0, 0.05) is 24.2 Å². The largest absolute Gasteiger partial charge is 0.496 e. The molecule has 2 amide bonds. The number of carbonyl (C=O) groups excluding carboxylic acids is 1. The Kier molecular flexibility index (Phi) is 6.00. The van der Waals surface area contributed by atoms with Crippen LogP contribution < -0.4 is 15.4 Å². The Bertz CT molecular complexity index is 1030. The second-order valence-electron chi connectivity index (χ2n) is 7.54. The van der Waals surface area contributed by atoms with Crippen LogP contribution in [0, 0.1) is 0 Å². The van der Waals surface area contributed by atoms with Gasteiger partial charge < -0.3 is 20.5 Å². The summed E-state index contributed by atoms with van der Waals surface area (Å²) in [6.07, 6.45) is 1.85. The zero-order chi connectivity index (χ0) is 20.9. The van der Waals surface area contributed by atoms with E-state index in [1.165, 1.54) is 5.56 Å². The minimum absolute atomic E-state index is 0.253. The molecular weight excluding hydrogens is 376 g/mol. The van der Waals surface area contributed by atoms with Crippen LogP contribution in [0.4, 0.5) is 10.5 Å². The molecule has 1 atom stereocenters. The van der Waals surface area contributed by atoms with E-state index < -0.39 is 0 Å². The number of para-hydroxylation sites is 1.